The van der Waals surface area contributed by atoms with Gasteiger partial charge >= 0.3 is 5.69 Å². The number of aromatic hydroxyl groups is 1. The molecule has 1 aliphatic rings. The van der Waals surface area contributed by atoms with Crippen molar-refractivity contribution >= 4 is 28.2 Å². The summed E-state index contributed by atoms with van der Waals surface area (Å²) in [5, 5.41) is 11.3. The van der Waals surface area contributed by atoms with E-state index in [9.17, 15) is 14.7 Å². The van der Waals surface area contributed by atoms with E-state index in [1.54, 1.807) is 34.9 Å². The fraction of sp³-hybridized carbons (Fsp3) is 0.259. The number of phenols is 1. The number of aromatic nitrogens is 2. The van der Waals surface area contributed by atoms with E-state index in [2.05, 4.69) is 16.8 Å². The Morgan fingerprint density at radius 1 is 0.857 bits per heavy atom. The number of para-hydroxylation sites is 1. The standard InChI is InChI=1S/C27H27ClN4O3/c1-29-11-13-30(14-12-29)22-15-21(28)16-23-25(22)26(34)32(18-20-9-5-6-10-24(20)33)27(35)31(23)17-19-7-3-2-4-8-19/h2-10,15-16,33H,11-14,17-18H2,1H3. The van der Waals surface area contributed by atoms with Gasteiger partial charge in [-0.1, -0.05) is 60.1 Å². The average Bonchev–Trinajstić information content (AvgIpc) is 2.86. The largest absolute Gasteiger partial charge is 0.508 e. The van der Waals surface area contributed by atoms with Gasteiger partial charge in [0.05, 0.1) is 29.7 Å². The van der Waals surface area contributed by atoms with Crippen LogP contribution in [0.25, 0.3) is 10.9 Å². The molecule has 1 aromatic heterocycles. The molecule has 2 heterocycles. The zero-order valence-corrected chi connectivity index (χ0v) is 20.3. The summed E-state index contributed by atoms with van der Waals surface area (Å²) in [5.41, 5.74) is 1.86. The Balaban J connectivity index is 1.77. The number of rotatable bonds is 5. The number of phenolic OH excluding ortho intramolecular Hbond substituents is 1. The van der Waals surface area contributed by atoms with E-state index in [0.717, 1.165) is 37.4 Å². The Bertz CT molecular complexity index is 1490. The van der Waals surface area contributed by atoms with Crippen LogP contribution in [-0.4, -0.2) is 52.4 Å². The number of nitrogens with zero attached hydrogens (tertiary/aromatic N) is 4. The summed E-state index contributed by atoms with van der Waals surface area (Å²) in [6, 6.07) is 19.9. The fourth-order valence-electron chi connectivity index (χ4n) is 4.65. The van der Waals surface area contributed by atoms with E-state index < -0.39 is 5.69 Å². The summed E-state index contributed by atoms with van der Waals surface area (Å²) in [5.74, 6) is 0.0453. The molecule has 0 unspecified atom stereocenters. The van der Waals surface area contributed by atoms with Gasteiger partial charge in [0, 0.05) is 36.8 Å². The van der Waals surface area contributed by atoms with Crippen LogP contribution in [0.4, 0.5) is 5.69 Å². The van der Waals surface area contributed by atoms with Gasteiger partial charge in [-0.05, 0) is 30.8 Å². The molecule has 0 bridgehead atoms. The molecule has 0 atom stereocenters. The second-order valence-corrected chi connectivity index (χ2v) is 9.42. The molecule has 4 aromatic rings. The third kappa shape index (κ3) is 4.57. The molecule has 0 saturated carbocycles. The van der Waals surface area contributed by atoms with E-state index in [-0.39, 0.29) is 17.9 Å². The Morgan fingerprint density at radius 2 is 1.54 bits per heavy atom. The van der Waals surface area contributed by atoms with Crippen LogP contribution >= 0.6 is 11.6 Å². The Morgan fingerprint density at radius 3 is 2.26 bits per heavy atom. The molecule has 180 valence electrons. The summed E-state index contributed by atoms with van der Waals surface area (Å²) >= 11 is 6.55. The van der Waals surface area contributed by atoms with Crippen LogP contribution < -0.4 is 16.1 Å². The molecule has 7 nitrogen and oxygen atoms in total. The molecule has 3 aromatic carbocycles. The van der Waals surface area contributed by atoms with Crippen LogP contribution in [0.15, 0.2) is 76.3 Å². The summed E-state index contributed by atoms with van der Waals surface area (Å²) in [7, 11) is 2.07. The lowest BCUT2D eigenvalue weighted by Crippen LogP contribution is -2.46. The number of anilines is 1. The summed E-state index contributed by atoms with van der Waals surface area (Å²) in [4.78, 5) is 32.0. The Hall–Kier alpha value is -3.55. The molecular weight excluding hydrogens is 464 g/mol. The molecule has 0 spiro atoms. The maximum Gasteiger partial charge on any atom is 0.332 e. The van der Waals surface area contributed by atoms with Gasteiger partial charge in [-0.15, -0.1) is 0 Å². The molecule has 8 heteroatoms. The van der Waals surface area contributed by atoms with Gasteiger partial charge in [-0.3, -0.25) is 13.9 Å². The third-order valence-corrected chi connectivity index (χ3v) is 6.84. The zero-order valence-electron chi connectivity index (χ0n) is 19.5. The van der Waals surface area contributed by atoms with Gasteiger partial charge in [-0.2, -0.15) is 0 Å². The van der Waals surface area contributed by atoms with Crippen molar-refractivity contribution in [1.29, 1.82) is 0 Å². The topological polar surface area (TPSA) is 70.7 Å². The van der Waals surface area contributed by atoms with Crippen LogP contribution in [0.3, 0.4) is 0 Å². The maximum atomic E-state index is 13.9. The smallest absolute Gasteiger partial charge is 0.332 e. The first kappa shape index (κ1) is 23.2. The van der Waals surface area contributed by atoms with Crippen LogP contribution in [0.5, 0.6) is 5.75 Å². The first-order valence-corrected chi connectivity index (χ1v) is 12.0. The molecule has 1 aliphatic heterocycles. The second kappa shape index (κ2) is 9.60. The SMILES string of the molecule is CN1CCN(c2cc(Cl)cc3c2c(=O)n(Cc2ccccc2O)c(=O)n3Cc2ccccc2)CC1. The minimum atomic E-state index is -0.443. The molecule has 5 rings (SSSR count). The molecular formula is C27H27ClN4O3. The van der Waals surface area contributed by atoms with Crippen molar-refractivity contribution in [2.75, 3.05) is 38.1 Å². The lowest BCUT2D eigenvalue weighted by molar-refractivity contribution is 0.313. The minimum absolute atomic E-state index is 0.0279. The number of hydrogen-bond donors (Lipinski definition) is 1. The van der Waals surface area contributed by atoms with E-state index in [0.29, 0.717) is 28.0 Å². The second-order valence-electron chi connectivity index (χ2n) is 8.98. The lowest BCUT2D eigenvalue weighted by Gasteiger charge is -2.34. The predicted molar refractivity (Wildman–Crippen MR) is 140 cm³/mol. The van der Waals surface area contributed by atoms with Crippen molar-refractivity contribution in [3.8, 4) is 5.75 Å². The molecule has 1 saturated heterocycles. The summed E-state index contributed by atoms with van der Waals surface area (Å²) in [6.45, 7) is 3.50. The zero-order chi connectivity index (χ0) is 24.5. The van der Waals surface area contributed by atoms with E-state index in [1.165, 1.54) is 4.57 Å². The Labute approximate surface area is 208 Å². The average molecular weight is 491 g/mol. The van der Waals surface area contributed by atoms with E-state index in [1.807, 2.05) is 36.4 Å². The van der Waals surface area contributed by atoms with Gasteiger partial charge in [0.2, 0.25) is 0 Å². The van der Waals surface area contributed by atoms with Crippen LogP contribution in [0.1, 0.15) is 11.1 Å². The number of hydrogen-bond acceptors (Lipinski definition) is 5. The molecule has 0 radical (unpaired) electrons. The molecule has 1 N–H and O–H groups in total. The highest BCUT2D eigenvalue weighted by Crippen LogP contribution is 2.29. The molecule has 0 amide bonds. The molecule has 35 heavy (non-hydrogen) atoms. The molecule has 1 fully saturated rings. The number of piperazine rings is 1. The highest BCUT2D eigenvalue weighted by atomic mass is 35.5. The fourth-order valence-corrected chi connectivity index (χ4v) is 4.86. The van der Waals surface area contributed by atoms with Crippen LogP contribution in [0, 0.1) is 0 Å². The Kier molecular flexibility index (Phi) is 6.36. The highest BCUT2D eigenvalue weighted by Gasteiger charge is 2.23. The minimum Gasteiger partial charge on any atom is -0.508 e. The number of benzene rings is 3. The van der Waals surface area contributed by atoms with Crippen molar-refractivity contribution in [3.05, 3.63) is 104 Å². The number of likely N-dealkylation sites (N-methyl/N-ethyl adjacent to an activating group) is 1. The number of halogens is 1. The predicted octanol–water partition coefficient (Wildman–Crippen LogP) is 3.37. The van der Waals surface area contributed by atoms with Gasteiger partial charge in [-0.25, -0.2) is 4.79 Å². The van der Waals surface area contributed by atoms with Crippen molar-refractivity contribution in [1.82, 2.24) is 14.0 Å². The van der Waals surface area contributed by atoms with Gasteiger partial charge in [0.1, 0.15) is 5.75 Å². The van der Waals surface area contributed by atoms with Gasteiger partial charge in [0.25, 0.3) is 5.56 Å². The quantitative estimate of drug-likeness (QED) is 0.464. The first-order chi connectivity index (χ1) is 16.9. The van der Waals surface area contributed by atoms with Crippen molar-refractivity contribution in [3.63, 3.8) is 0 Å². The van der Waals surface area contributed by atoms with E-state index >= 15 is 0 Å². The van der Waals surface area contributed by atoms with Gasteiger partial charge < -0.3 is 14.9 Å². The van der Waals surface area contributed by atoms with Crippen molar-refractivity contribution < 1.29 is 5.11 Å². The number of fused-ring (bicyclic) bond motifs is 1. The third-order valence-electron chi connectivity index (χ3n) is 6.62. The maximum absolute atomic E-state index is 13.9. The van der Waals surface area contributed by atoms with E-state index in [4.69, 9.17) is 11.6 Å². The van der Waals surface area contributed by atoms with Crippen molar-refractivity contribution in [2.24, 2.45) is 0 Å². The van der Waals surface area contributed by atoms with Crippen LogP contribution in [-0.2, 0) is 13.1 Å². The highest BCUT2D eigenvalue weighted by molar-refractivity contribution is 6.31. The van der Waals surface area contributed by atoms with Crippen LogP contribution in [0.2, 0.25) is 5.02 Å². The normalized spacial score (nSPS) is 14.5. The summed E-state index contributed by atoms with van der Waals surface area (Å²) in [6.07, 6.45) is 0. The monoisotopic (exact) mass is 490 g/mol. The summed E-state index contributed by atoms with van der Waals surface area (Å²) < 4.78 is 2.82. The van der Waals surface area contributed by atoms with Crippen molar-refractivity contribution in [2.45, 2.75) is 13.1 Å². The first-order valence-electron chi connectivity index (χ1n) is 11.6. The van der Waals surface area contributed by atoms with Gasteiger partial charge in [0.15, 0.2) is 0 Å². The molecule has 0 aliphatic carbocycles. The lowest BCUT2D eigenvalue weighted by atomic mass is 10.1.